The van der Waals surface area contributed by atoms with E-state index < -0.39 is 5.82 Å². The maximum absolute atomic E-state index is 13.4. The molecule has 19 heavy (non-hydrogen) atoms. The Morgan fingerprint density at radius 2 is 1.79 bits per heavy atom. The Hall–Kier alpha value is -0.470. The van der Waals surface area contributed by atoms with Crippen molar-refractivity contribution in [2.45, 2.75) is 46.1 Å². The van der Waals surface area contributed by atoms with Gasteiger partial charge in [0.15, 0.2) is 5.82 Å². The summed E-state index contributed by atoms with van der Waals surface area (Å²) in [5.41, 5.74) is 1.13. The average molecular weight is 304 g/mol. The normalized spacial score (nSPS) is 26.2. The first kappa shape index (κ1) is 14.9. The van der Waals surface area contributed by atoms with E-state index in [0.29, 0.717) is 17.4 Å². The number of rotatable bonds is 2. The molecule has 106 valence electrons. The second-order valence-corrected chi connectivity index (χ2v) is 7.32. The van der Waals surface area contributed by atoms with E-state index in [1.54, 1.807) is 12.1 Å². The Labute approximate surface area is 124 Å². The average Bonchev–Trinajstić information content (AvgIpc) is 2.22. The van der Waals surface area contributed by atoms with Gasteiger partial charge >= 0.3 is 0 Å². The van der Waals surface area contributed by atoms with Crippen LogP contribution in [0.2, 0.25) is 10.0 Å². The van der Waals surface area contributed by atoms with Crippen molar-refractivity contribution in [1.29, 1.82) is 0 Å². The standard InChI is InChI=1S/C15H20Cl2FN/c1-9-4-11(8-15(2,3)7-9)19-10-5-12(16)14(18)13(17)6-10/h5-6,9,11,19H,4,7-8H2,1-3H3. The van der Waals surface area contributed by atoms with Gasteiger partial charge in [-0.05, 0) is 42.7 Å². The highest BCUT2D eigenvalue weighted by Crippen LogP contribution is 2.40. The molecule has 0 aliphatic heterocycles. The van der Waals surface area contributed by atoms with Gasteiger partial charge in [-0.2, -0.15) is 0 Å². The van der Waals surface area contributed by atoms with Crippen molar-refractivity contribution in [3.63, 3.8) is 0 Å². The van der Waals surface area contributed by atoms with Crippen LogP contribution in [0.15, 0.2) is 12.1 Å². The van der Waals surface area contributed by atoms with E-state index in [1.165, 1.54) is 6.42 Å². The fourth-order valence-electron chi connectivity index (χ4n) is 3.33. The summed E-state index contributed by atoms with van der Waals surface area (Å²) in [5.74, 6) is 0.138. The topological polar surface area (TPSA) is 12.0 Å². The zero-order valence-corrected chi connectivity index (χ0v) is 13.1. The molecule has 0 bridgehead atoms. The van der Waals surface area contributed by atoms with Crippen LogP contribution in [0.25, 0.3) is 0 Å². The Morgan fingerprint density at radius 3 is 2.32 bits per heavy atom. The van der Waals surface area contributed by atoms with E-state index in [4.69, 9.17) is 23.2 Å². The molecular formula is C15H20Cl2FN. The highest BCUT2D eigenvalue weighted by Gasteiger charge is 2.32. The summed E-state index contributed by atoms with van der Waals surface area (Å²) in [6.45, 7) is 6.87. The lowest BCUT2D eigenvalue weighted by molar-refractivity contribution is 0.178. The molecule has 1 aromatic rings. The molecule has 0 radical (unpaired) electrons. The van der Waals surface area contributed by atoms with Crippen LogP contribution in [0.5, 0.6) is 0 Å². The molecule has 1 fully saturated rings. The molecule has 1 aromatic carbocycles. The quantitative estimate of drug-likeness (QED) is 0.685. The highest BCUT2D eigenvalue weighted by molar-refractivity contribution is 6.35. The van der Waals surface area contributed by atoms with Crippen LogP contribution in [0.3, 0.4) is 0 Å². The molecule has 4 heteroatoms. The molecule has 2 unspecified atom stereocenters. The predicted molar refractivity (Wildman–Crippen MR) is 80.6 cm³/mol. The third-order valence-corrected chi connectivity index (χ3v) is 4.29. The number of hydrogen-bond donors (Lipinski definition) is 1. The third kappa shape index (κ3) is 3.76. The van der Waals surface area contributed by atoms with Crippen molar-refractivity contribution in [3.8, 4) is 0 Å². The van der Waals surface area contributed by atoms with E-state index in [0.717, 1.165) is 18.5 Å². The van der Waals surface area contributed by atoms with Gasteiger partial charge in [0.05, 0.1) is 10.0 Å². The minimum Gasteiger partial charge on any atom is -0.382 e. The molecule has 1 nitrogen and oxygen atoms in total. The van der Waals surface area contributed by atoms with Gasteiger partial charge in [0.2, 0.25) is 0 Å². The van der Waals surface area contributed by atoms with Gasteiger partial charge in [0.25, 0.3) is 0 Å². The number of benzene rings is 1. The summed E-state index contributed by atoms with van der Waals surface area (Å²) in [7, 11) is 0. The number of halogens is 3. The number of anilines is 1. The van der Waals surface area contributed by atoms with Gasteiger partial charge in [-0.25, -0.2) is 4.39 Å². The monoisotopic (exact) mass is 303 g/mol. The largest absolute Gasteiger partial charge is 0.382 e. The zero-order valence-electron chi connectivity index (χ0n) is 11.6. The molecule has 2 rings (SSSR count). The van der Waals surface area contributed by atoms with Gasteiger partial charge in [-0.3, -0.25) is 0 Å². The molecule has 0 aromatic heterocycles. The second kappa shape index (κ2) is 5.49. The Balaban J connectivity index is 2.13. The van der Waals surface area contributed by atoms with Crippen molar-refractivity contribution in [2.75, 3.05) is 5.32 Å². The number of nitrogens with one attached hydrogen (secondary N) is 1. The van der Waals surface area contributed by atoms with Crippen LogP contribution >= 0.6 is 23.2 Å². The summed E-state index contributed by atoms with van der Waals surface area (Å²) in [4.78, 5) is 0. The van der Waals surface area contributed by atoms with E-state index in [2.05, 4.69) is 26.1 Å². The van der Waals surface area contributed by atoms with Crippen LogP contribution < -0.4 is 5.32 Å². The molecule has 0 heterocycles. The molecule has 1 aliphatic carbocycles. The SMILES string of the molecule is CC1CC(Nc2cc(Cl)c(F)c(Cl)c2)CC(C)(C)C1. The predicted octanol–water partition coefficient (Wildman–Crippen LogP) is 5.76. The fraction of sp³-hybridized carbons (Fsp3) is 0.600. The van der Waals surface area contributed by atoms with Crippen molar-refractivity contribution in [3.05, 3.63) is 28.0 Å². The molecule has 0 amide bonds. The maximum atomic E-state index is 13.4. The summed E-state index contributed by atoms with van der Waals surface area (Å²) >= 11 is 11.6. The van der Waals surface area contributed by atoms with Gasteiger partial charge in [0.1, 0.15) is 0 Å². The summed E-state index contributed by atoms with van der Waals surface area (Å²) in [5, 5.41) is 3.58. The van der Waals surface area contributed by atoms with Crippen LogP contribution in [0.4, 0.5) is 10.1 Å². The Kier molecular flexibility index (Phi) is 4.32. The van der Waals surface area contributed by atoms with Crippen molar-refractivity contribution >= 4 is 28.9 Å². The summed E-state index contributed by atoms with van der Waals surface area (Å²) < 4.78 is 13.4. The lowest BCUT2D eigenvalue weighted by Crippen LogP contribution is -2.35. The fourth-order valence-corrected chi connectivity index (χ4v) is 3.82. The van der Waals surface area contributed by atoms with Crippen LogP contribution in [-0.2, 0) is 0 Å². The first-order chi connectivity index (χ1) is 8.77. The van der Waals surface area contributed by atoms with Gasteiger partial charge < -0.3 is 5.32 Å². The molecule has 1 saturated carbocycles. The van der Waals surface area contributed by atoms with E-state index in [-0.39, 0.29) is 10.0 Å². The first-order valence-corrected chi connectivity index (χ1v) is 7.43. The van der Waals surface area contributed by atoms with E-state index >= 15 is 0 Å². The summed E-state index contributed by atoms with van der Waals surface area (Å²) in [6, 6.07) is 3.60. The Morgan fingerprint density at radius 1 is 1.21 bits per heavy atom. The van der Waals surface area contributed by atoms with Gasteiger partial charge in [-0.15, -0.1) is 0 Å². The lowest BCUT2D eigenvalue weighted by atomic mass is 9.70. The lowest BCUT2D eigenvalue weighted by Gasteiger charge is -2.39. The maximum Gasteiger partial charge on any atom is 0.160 e. The highest BCUT2D eigenvalue weighted by atomic mass is 35.5. The third-order valence-electron chi connectivity index (χ3n) is 3.74. The van der Waals surface area contributed by atoms with Gasteiger partial charge in [-0.1, -0.05) is 44.0 Å². The van der Waals surface area contributed by atoms with Crippen molar-refractivity contribution in [2.24, 2.45) is 11.3 Å². The number of hydrogen-bond acceptors (Lipinski definition) is 1. The van der Waals surface area contributed by atoms with Crippen molar-refractivity contribution < 1.29 is 4.39 Å². The minimum atomic E-state index is -0.550. The minimum absolute atomic E-state index is 0.0677. The first-order valence-electron chi connectivity index (χ1n) is 6.68. The molecule has 0 saturated heterocycles. The molecule has 2 atom stereocenters. The summed E-state index contributed by atoms with van der Waals surface area (Å²) in [6.07, 6.45) is 3.47. The van der Waals surface area contributed by atoms with Gasteiger partial charge in [0, 0.05) is 11.7 Å². The molecule has 0 spiro atoms. The molecular weight excluding hydrogens is 284 g/mol. The Bertz CT molecular complexity index is 450. The van der Waals surface area contributed by atoms with E-state index in [9.17, 15) is 4.39 Å². The molecule has 1 N–H and O–H groups in total. The van der Waals surface area contributed by atoms with Crippen molar-refractivity contribution in [1.82, 2.24) is 0 Å². The van der Waals surface area contributed by atoms with Crippen LogP contribution in [-0.4, -0.2) is 6.04 Å². The van der Waals surface area contributed by atoms with Crippen LogP contribution in [0.1, 0.15) is 40.0 Å². The second-order valence-electron chi connectivity index (χ2n) is 6.51. The zero-order chi connectivity index (χ0) is 14.2. The molecule has 1 aliphatic rings. The smallest absolute Gasteiger partial charge is 0.160 e. The van der Waals surface area contributed by atoms with Crippen LogP contribution in [0, 0.1) is 17.2 Å². The van der Waals surface area contributed by atoms with E-state index in [1.807, 2.05) is 0 Å².